The Bertz CT molecular complexity index is 516. The normalized spacial score (nSPS) is 11.6. The Labute approximate surface area is 131 Å². The van der Waals surface area contributed by atoms with Crippen molar-refractivity contribution >= 4 is 41.1 Å². The number of hydrogen-bond acceptors (Lipinski definition) is 4. The number of amides is 2. The van der Waals surface area contributed by atoms with Crippen molar-refractivity contribution in [3.63, 3.8) is 0 Å². The van der Waals surface area contributed by atoms with E-state index in [0.717, 1.165) is 6.07 Å². The lowest BCUT2D eigenvalue weighted by molar-refractivity contribution is -0.142. The number of rotatable bonds is 6. The highest BCUT2D eigenvalue weighted by Gasteiger charge is 2.21. The summed E-state index contributed by atoms with van der Waals surface area (Å²) in [5.74, 6) is -0.394. The average Bonchev–Trinajstić information content (AvgIpc) is 2.46. The van der Waals surface area contributed by atoms with Crippen LogP contribution in [0, 0.1) is 5.82 Å². The fourth-order valence-electron chi connectivity index (χ4n) is 1.53. The van der Waals surface area contributed by atoms with E-state index in [2.05, 4.69) is 15.4 Å². The van der Waals surface area contributed by atoms with Gasteiger partial charge in [-0.2, -0.15) is 11.8 Å². The van der Waals surface area contributed by atoms with Crippen molar-refractivity contribution in [1.29, 1.82) is 0 Å². The monoisotopic (exact) mass is 334 g/mol. The van der Waals surface area contributed by atoms with Crippen molar-refractivity contribution in [1.82, 2.24) is 5.32 Å². The van der Waals surface area contributed by atoms with Crippen molar-refractivity contribution in [2.45, 2.75) is 12.5 Å². The molecule has 0 radical (unpaired) electrons. The van der Waals surface area contributed by atoms with E-state index in [-0.39, 0.29) is 5.02 Å². The van der Waals surface area contributed by atoms with E-state index in [0.29, 0.717) is 17.9 Å². The molecule has 21 heavy (non-hydrogen) atoms. The van der Waals surface area contributed by atoms with E-state index in [9.17, 15) is 14.0 Å². The highest BCUT2D eigenvalue weighted by Crippen LogP contribution is 2.19. The maximum Gasteiger partial charge on any atom is 0.328 e. The summed E-state index contributed by atoms with van der Waals surface area (Å²) in [5.41, 5.74) is 0.326. The minimum Gasteiger partial charge on any atom is -0.467 e. The van der Waals surface area contributed by atoms with Crippen LogP contribution < -0.4 is 10.6 Å². The molecule has 0 aliphatic carbocycles. The van der Waals surface area contributed by atoms with Crippen LogP contribution in [-0.4, -0.2) is 37.2 Å². The summed E-state index contributed by atoms with van der Waals surface area (Å²) in [6, 6.07) is 2.47. The van der Waals surface area contributed by atoms with Gasteiger partial charge in [-0.15, -0.1) is 0 Å². The Morgan fingerprint density at radius 1 is 1.48 bits per heavy atom. The van der Waals surface area contributed by atoms with Gasteiger partial charge in [-0.05, 0) is 36.6 Å². The summed E-state index contributed by atoms with van der Waals surface area (Å²) in [4.78, 5) is 23.4. The maximum absolute atomic E-state index is 13.0. The molecule has 0 unspecified atom stereocenters. The van der Waals surface area contributed by atoms with Crippen molar-refractivity contribution in [2.24, 2.45) is 0 Å². The van der Waals surface area contributed by atoms with Crippen LogP contribution in [0.2, 0.25) is 5.02 Å². The number of methoxy groups -OCH3 is 1. The average molecular weight is 335 g/mol. The quantitative estimate of drug-likeness (QED) is 0.785. The van der Waals surface area contributed by atoms with E-state index in [4.69, 9.17) is 11.6 Å². The number of anilines is 1. The number of halogens is 2. The molecule has 5 nitrogen and oxygen atoms in total. The predicted molar refractivity (Wildman–Crippen MR) is 82.4 cm³/mol. The first-order chi connectivity index (χ1) is 9.97. The highest BCUT2D eigenvalue weighted by atomic mass is 35.5. The molecular formula is C13H16ClFN2O3S. The van der Waals surface area contributed by atoms with Gasteiger partial charge in [0.2, 0.25) is 0 Å². The second-order valence-electron chi connectivity index (χ2n) is 4.08. The standard InChI is InChI=1S/C13H16ClFN2O3S/c1-20-12(18)11(5-6-21-2)17-13(19)16-8-3-4-10(15)9(14)7-8/h3-4,7,11H,5-6H2,1-2H3,(H2,16,17,19)/t11-/m1/s1. The smallest absolute Gasteiger partial charge is 0.328 e. The third-order valence-electron chi connectivity index (χ3n) is 2.58. The second kappa shape index (κ2) is 8.74. The molecule has 0 aromatic heterocycles. The number of thioether (sulfide) groups is 1. The fraction of sp³-hybridized carbons (Fsp3) is 0.385. The zero-order valence-electron chi connectivity index (χ0n) is 11.6. The van der Waals surface area contributed by atoms with E-state index < -0.39 is 23.9 Å². The summed E-state index contributed by atoms with van der Waals surface area (Å²) in [7, 11) is 1.26. The number of carbonyl (C=O) groups is 2. The third-order valence-corrected chi connectivity index (χ3v) is 3.51. The Hall–Kier alpha value is -1.47. The van der Waals surface area contributed by atoms with Crippen LogP contribution in [-0.2, 0) is 9.53 Å². The molecule has 8 heteroatoms. The summed E-state index contributed by atoms with van der Waals surface area (Å²) in [6.45, 7) is 0. The predicted octanol–water partition coefficient (Wildman–Crippen LogP) is 2.90. The Kier molecular flexibility index (Phi) is 7.31. The summed E-state index contributed by atoms with van der Waals surface area (Å²) in [5, 5.41) is 4.89. The molecule has 116 valence electrons. The van der Waals surface area contributed by atoms with Gasteiger partial charge in [0, 0.05) is 5.69 Å². The number of carbonyl (C=O) groups excluding carboxylic acids is 2. The number of urea groups is 1. The molecule has 0 aliphatic heterocycles. The molecular weight excluding hydrogens is 319 g/mol. The van der Waals surface area contributed by atoms with Crippen LogP contribution in [0.15, 0.2) is 18.2 Å². The molecule has 2 N–H and O–H groups in total. The largest absolute Gasteiger partial charge is 0.467 e. The lowest BCUT2D eigenvalue weighted by Gasteiger charge is -2.16. The first-order valence-electron chi connectivity index (χ1n) is 6.07. The van der Waals surface area contributed by atoms with Gasteiger partial charge >= 0.3 is 12.0 Å². The topological polar surface area (TPSA) is 67.4 Å². The van der Waals surface area contributed by atoms with Gasteiger partial charge in [0.1, 0.15) is 11.9 Å². The van der Waals surface area contributed by atoms with Crippen LogP contribution in [0.25, 0.3) is 0 Å². The van der Waals surface area contributed by atoms with E-state index in [1.807, 2.05) is 6.26 Å². The minimum absolute atomic E-state index is 0.0975. The number of nitrogens with one attached hydrogen (secondary N) is 2. The van der Waals surface area contributed by atoms with Crippen LogP contribution in [0.5, 0.6) is 0 Å². The number of ether oxygens (including phenoxy) is 1. The first kappa shape index (κ1) is 17.6. The van der Waals surface area contributed by atoms with Gasteiger partial charge in [0.05, 0.1) is 12.1 Å². The maximum atomic E-state index is 13.0. The molecule has 0 aliphatic rings. The molecule has 1 aromatic carbocycles. The number of benzene rings is 1. The highest BCUT2D eigenvalue weighted by molar-refractivity contribution is 7.98. The summed E-state index contributed by atoms with van der Waals surface area (Å²) >= 11 is 7.17. The van der Waals surface area contributed by atoms with Gasteiger partial charge in [0.15, 0.2) is 0 Å². The van der Waals surface area contributed by atoms with Crippen LogP contribution >= 0.6 is 23.4 Å². The van der Waals surface area contributed by atoms with Gasteiger partial charge in [-0.25, -0.2) is 14.0 Å². The molecule has 1 atom stereocenters. The summed E-state index contributed by atoms with van der Waals surface area (Å²) in [6.07, 6.45) is 2.35. The zero-order chi connectivity index (χ0) is 15.8. The molecule has 1 aromatic rings. The lowest BCUT2D eigenvalue weighted by Crippen LogP contribution is -2.44. The van der Waals surface area contributed by atoms with Gasteiger partial charge in [0.25, 0.3) is 0 Å². The van der Waals surface area contributed by atoms with Crippen molar-refractivity contribution in [2.75, 3.05) is 24.4 Å². The molecule has 0 spiro atoms. The Balaban J connectivity index is 2.64. The minimum atomic E-state index is -0.738. The third kappa shape index (κ3) is 5.81. The fourth-order valence-corrected chi connectivity index (χ4v) is 2.18. The molecule has 1 rings (SSSR count). The number of hydrogen-bond donors (Lipinski definition) is 2. The van der Waals surface area contributed by atoms with Crippen molar-refractivity contribution in [3.8, 4) is 0 Å². The zero-order valence-corrected chi connectivity index (χ0v) is 13.2. The Morgan fingerprint density at radius 3 is 2.76 bits per heavy atom. The van der Waals surface area contributed by atoms with Crippen molar-refractivity contribution in [3.05, 3.63) is 29.0 Å². The van der Waals surface area contributed by atoms with E-state index in [1.54, 1.807) is 11.8 Å². The van der Waals surface area contributed by atoms with Crippen LogP contribution in [0.4, 0.5) is 14.9 Å². The SMILES string of the molecule is COC(=O)[C@@H](CCSC)NC(=O)Nc1ccc(F)c(Cl)c1. The molecule has 0 saturated carbocycles. The molecule has 0 fully saturated rings. The molecule has 0 saturated heterocycles. The van der Waals surface area contributed by atoms with Gasteiger partial charge in [-0.3, -0.25) is 0 Å². The first-order valence-corrected chi connectivity index (χ1v) is 7.84. The van der Waals surface area contributed by atoms with E-state index >= 15 is 0 Å². The van der Waals surface area contributed by atoms with E-state index in [1.165, 1.54) is 19.2 Å². The summed E-state index contributed by atoms with van der Waals surface area (Å²) < 4.78 is 17.6. The lowest BCUT2D eigenvalue weighted by atomic mass is 10.2. The number of esters is 1. The van der Waals surface area contributed by atoms with Gasteiger partial charge in [-0.1, -0.05) is 11.6 Å². The Morgan fingerprint density at radius 2 is 2.19 bits per heavy atom. The molecule has 0 bridgehead atoms. The van der Waals surface area contributed by atoms with Crippen LogP contribution in [0.3, 0.4) is 0 Å². The molecule has 2 amide bonds. The van der Waals surface area contributed by atoms with Crippen LogP contribution in [0.1, 0.15) is 6.42 Å². The molecule has 0 heterocycles. The van der Waals surface area contributed by atoms with Gasteiger partial charge < -0.3 is 15.4 Å². The van der Waals surface area contributed by atoms with Crippen molar-refractivity contribution < 1.29 is 18.7 Å². The second-order valence-corrected chi connectivity index (χ2v) is 5.48.